The molecule has 0 aromatic rings. The van der Waals surface area contributed by atoms with E-state index in [0.29, 0.717) is 25.3 Å². The zero-order chi connectivity index (χ0) is 14.6. The quantitative estimate of drug-likeness (QED) is 0.770. The Morgan fingerprint density at radius 2 is 1.89 bits per heavy atom. The molecule has 0 aliphatic heterocycles. The van der Waals surface area contributed by atoms with Gasteiger partial charge in [0.1, 0.15) is 0 Å². The van der Waals surface area contributed by atoms with Crippen LogP contribution in [0.5, 0.6) is 0 Å². The number of carboxylic acids is 1. The molecule has 5 nitrogen and oxygen atoms in total. The van der Waals surface area contributed by atoms with Crippen molar-refractivity contribution in [2.75, 3.05) is 13.7 Å². The van der Waals surface area contributed by atoms with Crippen molar-refractivity contribution >= 4 is 11.9 Å². The standard InChI is InChI=1S/C14H25NO4/c1-5-9-6-10(11(7-9)13(17)18)12(16)15-8-14(2,3)19-4/h9-11H,5-8H2,1-4H3,(H,15,16)(H,17,18)/t9?,10-,11+/m0/s1. The van der Waals surface area contributed by atoms with E-state index in [0.717, 1.165) is 6.42 Å². The minimum Gasteiger partial charge on any atom is -0.481 e. The van der Waals surface area contributed by atoms with Crippen molar-refractivity contribution < 1.29 is 19.4 Å². The Bertz CT molecular complexity index is 340. The number of carbonyl (C=O) groups is 2. The molecule has 1 aliphatic carbocycles. The van der Waals surface area contributed by atoms with Gasteiger partial charge in [0.05, 0.1) is 17.4 Å². The van der Waals surface area contributed by atoms with Gasteiger partial charge in [0.15, 0.2) is 0 Å². The van der Waals surface area contributed by atoms with Crippen LogP contribution in [0.15, 0.2) is 0 Å². The van der Waals surface area contributed by atoms with E-state index in [9.17, 15) is 14.7 Å². The third-order valence-electron chi connectivity index (χ3n) is 4.13. The van der Waals surface area contributed by atoms with E-state index in [1.165, 1.54) is 0 Å². The molecule has 110 valence electrons. The number of nitrogens with one attached hydrogen (secondary N) is 1. The van der Waals surface area contributed by atoms with Crippen LogP contribution in [0, 0.1) is 17.8 Å². The summed E-state index contributed by atoms with van der Waals surface area (Å²) in [7, 11) is 1.59. The third-order valence-corrected chi connectivity index (χ3v) is 4.13. The third kappa shape index (κ3) is 4.20. The van der Waals surface area contributed by atoms with Gasteiger partial charge in [0.2, 0.25) is 5.91 Å². The number of hydrogen-bond acceptors (Lipinski definition) is 3. The Balaban J connectivity index is 2.62. The summed E-state index contributed by atoms with van der Waals surface area (Å²) in [4.78, 5) is 23.4. The van der Waals surface area contributed by atoms with E-state index in [1.807, 2.05) is 20.8 Å². The number of amides is 1. The van der Waals surface area contributed by atoms with Crippen LogP contribution in [0.3, 0.4) is 0 Å². The Morgan fingerprint density at radius 3 is 2.37 bits per heavy atom. The van der Waals surface area contributed by atoms with Crippen molar-refractivity contribution in [2.24, 2.45) is 17.8 Å². The largest absolute Gasteiger partial charge is 0.481 e. The number of methoxy groups -OCH3 is 1. The highest BCUT2D eigenvalue weighted by Crippen LogP contribution is 2.38. The maximum Gasteiger partial charge on any atom is 0.307 e. The van der Waals surface area contributed by atoms with Crippen molar-refractivity contribution in [3.63, 3.8) is 0 Å². The number of carboxylic acid groups (broad SMARTS) is 1. The Kier molecular flexibility index (Phi) is 5.35. The van der Waals surface area contributed by atoms with Gasteiger partial charge in [-0.05, 0) is 32.6 Å². The van der Waals surface area contributed by atoms with Crippen molar-refractivity contribution in [1.29, 1.82) is 0 Å². The molecule has 0 bridgehead atoms. The number of hydrogen-bond donors (Lipinski definition) is 2. The molecule has 5 heteroatoms. The van der Waals surface area contributed by atoms with Crippen molar-refractivity contribution in [1.82, 2.24) is 5.32 Å². The monoisotopic (exact) mass is 271 g/mol. The van der Waals surface area contributed by atoms with E-state index in [-0.39, 0.29) is 5.91 Å². The summed E-state index contributed by atoms with van der Waals surface area (Å²) in [6, 6.07) is 0. The minimum absolute atomic E-state index is 0.159. The molecule has 19 heavy (non-hydrogen) atoms. The normalized spacial score (nSPS) is 27.3. The van der Waals surface area contributed by atoms with Gasteiger partial charge in [-0.3, -0.25) is 9.59 Å². The highest BCUT2D eigenvalue weighted by molar-refractivity contribution is 5.85. The second kappa shape index (κ2) is 6.37. The topological polar surface area (TPSA) is 75.6 Å². The molecule has 0 aromatic carbocycles. The molecule has 0 radical (unpaired) electrons. The minimum atomic E-state index is -0.859. The fraction of sp³-hybridized carbons (Fsp3) is 0.857. The summed E-state index contributed by atoms with van der Waals surface area (Å²) >= 11 is 0. The molecule has 3 atom stereocenters. The Morgan fingerprint density at radius 1 is 1.32 bits per heavy atom. The fourth-order valence-electron chi connectivity index (χ4n) is 2.54. The van der Waals surface area contributed by atoms with Gasteiger partial charge >= 0.3 is 5.97 Å². The van der Waals surface area contributed by atoms with Gasteiger partial charge in [0.25, 0.3) is 0 Å². The smallest absolute Gasteiger partial charge is 0.307 e. The van der Waals surface area contributed by atoms with Crippen molar-refractivity contribution in [2.45, 2.75) is 45.6 Å². The molecule has 1 saturated carbocycles. The molecule has 1 fully saturated rings. The Hall–Kier alpha value is -1.10. The molecule has 1 aliphatic rings. The zero-order valence-corrected chi connectivity index (χ0v) is 12.2. The van der Waals surface area contributed by atoms with Crippen LogP contribution >= 0.6 is 0 Å². The van der Waals surface area contributed by atoms with Crippen LogP contribution in [-0.2, 0) is 14.3 Å². The van der Waals surface area contributed by atoms with Gasteiger partial charge in [-0.15, -0.1) is 0 Å². The fourth-order valence-corrected chi connectivity index (χ4v) is 2.54. The molecule has 2 N–H and O–H groups in total. The molecule has 0 saturated heterocycles. The van der Waals surface area contributed by atoms with E-state index in [2.05, 4.69) is 5.32 Å². The summed E-state index contributed by atoms with van der Waals surface area (Å²) in [5, 5.41) is 12.0. The van der Waals surface area contributed by atoms with Crippen molar-refractivity contribution in [3.05, 3.63) is 0 Å². The summed E-state index contributed by atoms with van der Waals surface area (Å²) in [6.07, 6.45) is 2.21. The van der Waals surface area contributed by atoms with Crippen molar-refractivity contribution in [3.8, 4) is 0 Å². The van der Waals surface area contributed by atoms with E-state index >= 15 is 0 Å². The molecule has 1 amide bonds. The highest BCUT2D eigenvalue weighted by atomic mass is 16.5. The number of rotatable bonds is 6. The first-order chi connectivity index (χ1) is 8.80. The van der Waals surface area contributed by atoms with Crippen LogP contribution in [0.4, 0.5) is 0 Å². The van der Waals surface area contributed by atoms with Crippen LogP contribution in [-0.4, -0.2) is 36.2 Å². The first-order valence-corrected chi connectivity index (χ1v) is 6.86. The second-order valence-electron chi connectivity index (χ2n) is 5.98. The molecule has 1 unspecified atom stereocenters. The average molecular weight is 271 g/mol. The molecular weight excluding hydrogens is 246 g/mol. The summed E-state index contributed by atoms with van der Waals surface area (Å²) in [6.45, 7) is 6.19. The van der Waals surface area contributed by atoms with Gasteiger partial charge in [-0.1, -0.05) is 13.3 Å². The predicted octanol–water partition coefficient (Wildman–Crippen LogP) is 1.66. The lowest BCUT2D eigenvalue weighted by atomic mass is 9.95. The van der Waals surface area contributed by atoms with Gasteiger partial charge in [-0.2, -0.15) is 0 Å². The summed E-state index contributed by atoms with van der Waals surface area (Å²) in [5.41, 5.74) is -0.433. The summed E-state index contributed by atoms with van der Waals surface area (Å²) in [5.74, 6) is -1.63. The first kappa shape index (κ1) is 16.0. The SMILES string of the molecule is CCC1C[C@H](C(=O)NCC(C)(C)OC)[C@H](C(=O)O)C1. The first-order valence-electron chi connectivity index (χ1n) is 6.86. The lowest BCUT2D eigenvalue weighted by molar-refractivity contribution is -0.146. The molecule has 0 spiro atoms. The number of aliphatic carboxylic acids is 1. The molecular formula is C14H25NO4. The van der Waals surface area contributed by atoms with Gasteiger partial charge in [-0.25, -0.2) is 0 Å². The van der Waals surface area contributed by atoms with Gasteiger partial charge < -0.3 is 15.2 Å². The summed E-state index contributed by atoms with van der Waals surface area (Å²) < 4.78 is 5.24. The number of carbonyl (C=O) groups excluding carboxylic acids is 1. The maximum atomic E-state index is 12.2. The van der Waals surface area contributed by atoms with E-state index in [1.54, 1.807) is 7.11 Å². The highest BCUT2D eigenvalue weighted by Gasteiger charge is 2.42. The van der Waals surface area contributed by atoms with E-state index < -0.39 is 23.4 Å². The number of ether oxygens (including phenoxy) is 1. The molecule has 1 rings (SSSR count). The molecule has 0 aromatic heterocycles. The van der Waals surface area contributed by atoms with Crippen LogP contribution in [0.1, 0.15) is 40.0 Å². The molecule has 0 heterocycles. The predicted molar refractivity (Wildman–Crippen MR) is 71.7 cm³/mol. The lowest BCUT2D eigenvalue weighted by Crippen LogP contribution is -2.43. The zero-order valence-electron chi connectivity index (χ0n) is 12.2. The lowest BCUT2D eigenvalue weighted by Gasteiger charge is -2.24. The second-order valence-corrected chi connectivity index (χ2v) is 5.98. The van der Waals surface area contributed by atoms with E-state index in [4.69, 9.17) is 4.74 Å². The Labute approximate surface area is 114 Å². The average Bonchev–Trinajstić information content (AvgIpc) is 2.80. The van der Waals surface area contributed by atoms with Crippen LogP contribution in [0.2, 0.25) is 0 Å². The van der Waals surface area contributed by atoms with Gasteiger partial charge in [0, 0.05) is 13.7 Å². The maximum absolute atomic E-state index is 12.2. The van der Waals surface area contributed by atoms with Crippen LogP contribution < -0.4 is 5.32 Å². The van der Waals surface area contributed by atoms with Crippen LogP contribution in [0.25, 0.3) is 0 Å².